The Hall–Kier alpha value is -1.48. The van der Waals surface area contributed by atoms with Gasteiger partial charge in [-0.25, -0.2) is 0 Å². The summed E-state index contributed by atoms with van der Waals surface area (Å²) in [7, 11) is 0. The van der Waals surface area contributed by atoms with Gasteiger partial charge in [0.1, 0.15) is 0 Å². The van der Waals surface area contributed by atoms with Crippen molar-refractivity contribution in [2.24, 2.45) is 0 Å². The highest BCUT2D eigenvalue weighted by Gasteiger charge is 2.15. The lowest BCUT2D eigenvalue weighted by atomic mass is 10.0. The quantitative estimate of drug-likeness (QED) is 0.779. The lowest BCUT2D eigenvalue weighted by Gasteiger charge is -2.03. The van der Waals surface area contributed by atoms with Gasteiger partial charge in [0.15, 0.2) is 0 Å². The Labute approximate surface area is 118 Å². The first kappa shape index (κ1) is 13.9. The second-order valence-corrected chi connectivity index (χ2v) is 5.13. The van der Waals surface area contributed by atoms with Crippen molar-refractivity contribution in [2.45, 2.75) is 39.0 Å². The summed E-state index contributed by atoms with van der Waals surface area (Å²) in [4.78, 5) is 0. The molecule has 0 saturated heterocycles. The predicted octanol–water partition coefficient (Wildman–Crippen LogP) is 4.70. The molecule has 0 radical (unpaired) electrons. The SMILES string of the molecule is CCCCCCc1noc(N)c1-c1cccc(Cl)c1. The third kappa shape index (κ3) is 3.51. The Morgan fingerprint density at radius 3 is 2.84 bits per heavy atom. The van der Waals surface area contributed by atoms with E-state index in [1.807, 2.05) is 24.3 Å². The number of unbranched alkanes of at least 4 members (excludes halogenated alkanes) is 3. The van der Waals surface area contributed by atoms with Crippen LogP contribution >= 0.6 is 11.6 Å². The number of halogens is 1. The van der Waals surface area contributed by atoms with Crippen molar-refractivity contribution in [3.8, 4) is 11.1 Å². The van der Waals surface area contributed by atoms with Gasteiger partial charge < -0.3 is 10.3 Å². The van der Waals surface area contributed by atoms with Gasteiger partial charge in [-0.2, -0.15) is 0 Å². The van der Waals surface area contributed by atoms with Gasteiger partial charge in [-0.3, -0.25) is 0 Å². The molecule has 4 heteroatoms. The number of nitrogen functional groups attached to an aromatic ring is 1. The van der Waals surface area contributed by atoms with Crippen LogP contribution in [0.4, 0.5) is 5.88 Å². The van der Waals surface area contributed by atoms with E-state index in [1.165, 1.54) is 19.3 Å². The number of hydrogen-bond donors (Lipinski definition) is 1. The van der Waals surface area contributed by atoms with Crippen LogP contribution in [-0.2, 0) is 6.42 Å². The number of aryl methyl sites for hydroxylation is 1. The Bertz CT molecular complexity index is 537. The average molecular weight is 279 g/mol. The van der Waals surface area contributed by atoms with Gasteiger partial charge in [0.25, 0.3) is 0 Å². The van der Waals surface area contributed by atoms with Crippen LogP contribution in [0.2, 0.25) is 5.02 Å². The van der Waals surface area contributed by atoms with Crippen LogP contribution in [0, 0.1) is 0 Å². The summed E-state index contributed by atoms with van der Waals surface area (Å²) < 4.78 is 5.13. The molecule has 1 aromatic heterocycles. The van der Waals surface area contributed by atoms with E-state index in [0.29, 0.717) is 10.9 Å². The molecule has 1 aromatic carbocycles. The zero-order chi connectivity index (χ0) is 13.7. The van der Waals surface area contributed by atoms with Crippen LogP contribution in [0.1, 0.15) is 38.3 Å². The maximum atomic E-state index is 6.02. The van der Waals surface area contributed by atoms with Gasteiger partial charge >= 0.3 is 0 Å². The van der Waals surface area contributed by atoms with Crippen LogP contribution in [-0.4, -0.2) is 5.16 Å². The molecule has 0 atom stereocenters. The van der Waals surface area contributed by atoms with Gasteiger partial charge in [-0.05, 0) is 30.5 Å². The van der Waals surface area contributed by atoms with Crippen molar-refractivity contribution >= 4 is 17.5 Å². The Balaban J connectivity index is 2.18. The molecule has 0 fully saturated rings. The number of aromatic nitrogens is 1. The topological polar surface area (TPSA) is 52.0 Å². The lowest BCUT2D eigenvalue weighted by Crippen LogP contribution is -1.92. The fourth-order valence-corrected chi connectivity index (χ4v) is 2.37. The third-order valence-corrected chi connectivity index (χ3v) is 3.40. The number of hydrogen-bond acceptors (Lipinski definition) is 3. The van der Waals surface area contributed by atoms with Crippen LogP contribution < -0.4 is 5.73 Å². The van der Waals surface area contributed by atoms with Gasteiger partial charge in [0, 0.05) is 5.02 Å². The Morgan fingerprint density at radius 2 is 2.11 bits per heavy atom. The number of anilines is 1. The zero-order valence-corrected chi connectivity index (χ0v) is 11.9. The van der Waals surface area contributed by atoms with E-state index in [4.69, 9.17) is 21.9 Å². The summed E-state index contributed by atoms with van der Waals surface area (Å²) in [6.07, 6.45) is 5.68. The molecule has 0 saturated carbocycles. The highest BCUT2D eigenvalue weighted by atomic mass is 35.5. The molecule has 2 N–H and O–H groups in total. The van der Waals surface area contributed by atoms with E-state index in [0.717, 1.165) is 29.7 Å². The minimum atomic E-state index is 0.368. The average Bonchev–Trinajstić information content (AvgIpc) is 2.76. The third-order valence-electron chi connectivity index (χ3n) is 3.17. The molecule has 0 aliphatic rings. The van der Waals surface area contributed by atoms with Crippen LogP contribution in [0.15, 0.2) is 28.8 Å². The molecule has 0 spiro atoms. The zero-order valence-electron chi connectivity index (χ0n) is 11.2. The highest BCUT2D eigenvalue weighted by Crippen LogP contribution is 2.32. The van der Waals surface area contributed by atoms with Crippen molar-refractivity contribution in [2.75, 3.05) is 5.73 Å². The lowest BCUT2D eigenvalue weighted by molar-refractivity contribution is 0.426. The molecule has 3 nitrogen and oxygen atoms in total. The number of benzene rings is 1. The molecule has 2 aromatic rings. The van der Waals surface area contributed by atoms with Gasteiger partial charge in [-0.15, -0.1) is 0 Å². The van der Waals surface area contributed by atoms with Crippen molar-refractivity contribution in [1.82, 2.24) is 5.16 Å². The summed E-state index contributed by atoms with van der Waals surface area (Å²) in [5, 5.41) is 4.77. The molecule has 0 aliphatic heterocycles. The van der Waals surface area contributed by atoms with Crippen molar-refractivity contribution in [3.63, 3.8) is 0 Å². The fourth-order valence-electron chi connectivity index (χ4n) is 2.18. The molecule has 0 unspecified atom stereocenters. The summed E-state index contributed by atoms with van der Waals surface area (Å²) in [6.45, 7) is 2.20. The second-order valence-electron chi connectivity index (χ2n) is 4.69. The second kappa shape index (κ2) is 6.62. The fraction of sp³-hybridized carbons (Fsp3) is 0.400. The minimum Gasteiger partial charge on any atom is -0.367 e. The molecular formula is C15H19ClN2O. The molecule has 1 heterocycles. The van der Waals surface area contributed by atoms with Crippen LogP contribution in [0.25, 0.3) is 11.1 Å². The van der Waals surface area contributed by atoms with Crippen molar-refractivity contribution in [3.05, 3.63) is 35.0 Å². The number of nitrogens with two attached hydrogens (primary N) is 1. The highest BCUT2D eigenvalue weighted by molar-refractivity contribution is 6.30. The van der Waals surface area contributed by atoms with Crippen molar-refractivity contribution < 1.29 is 4.52 Å². The standard InChI is InChI=1S/C15H19ClN2O/c1-2-3-4-5-9-13-14(15(17)19-18-13)11-7-6-8-12(16)10-11/h6-8,10H,2-5,9,17H2,1H3. The van der Waals surface area contributed by atoms with Crippen LogP contribution in [0.5, 0.6) is 0 Å². The van der Waals surface area contributed by atoms with Gasteiger partial charge in [0.05, 0.1) is 11.3 Å². The summed E-state index contributed by atoms with van der Waals surface area (Å²) in [6, 6.07) is 7.62. The molecule has 0 aliphatic carbocycles. The van der Waals surface area contributed by atoms with E-state index < -0.39 is 0 Å². The molecule has 0 amide bonds. The minimum absolute atomic E-state index is 0.368. The normalized spacial score (nSPS) is 10.8. The Kier molecular flexibility index (Phi) is 4.86. The predicted molar refractivity (Wildman–Crippen MR) is 79.2 cm³/mol. The van der Waals surface area contributed by atoms with E-state index in [9.17, 15) is 0 Å². The smallest absolute Gasteiger partial charge is 0.230 e. The molecule has 19 heavy (non-hydrogen) atoms. The molecular weight excluding hydrogens is 260 g/mol. The number of nitrogens with zero attached hydrogens (tertiary/aromatic N) is 1. The van der Waals surface area contributed by atoms with E-state index in [-0.39, 0.29) is 0 Å². The van der Waals surface area contributed by atoms with Gasteiger partial charge in [-0.1, -0.05) is 55.1 Å². The first-order valence-electron chi connectivity index (χ1n) is 6.72. The molecule has 2 rings (SSSR count). The first-order valence-corrected chi connectivity index (χ1v) is 7.10. The first-order chi connectivity index (χ1) is 9.22. The largest absolute Gasteiger partial charge is 0.367 e. The maximum absolute atomic E-state index is 6.02. The summed E-state index contributed by atoms with van der Waals surface area (Å²) >= 11 is 6.02. The molecule has 102 valence electrons. The maximum Gasteiger partial charge on any atom is 0.230 e. The summed E-state index contributed by atoms with van der Waals surface area (Å²) in [5.41, 5.74) is 8.67. The molecule has 0 bridgehead atoms. The Morgan fingerprint density at radius 1 is 1.26 bits per heavy atom. The number of rotatable bonds is 6. The van der Waals surface area contributed by atoms with Crippen LogP contribution in [0.3, 0.4) is 0 Å². The monoisotopic (exact) mass is 278 g/mol. The van der Waals surface area contributed by atoms with Crippen molar-refractivity contribution in [1.29, 1.82) is 0 Å². The van der Waals surface area contributed by atoms with E-state index in [2.05, 4.69) is 12.1 Å². The van der Waals surface area contributed by atoms with E-state index >= 15 is 0 Å². The summed E-state index contributed by atoms with van der Waals surface area (Å²) in [5.74, 6) is 0.368. The van der Waals surface area contributed by atoms with Gasteiger partial charge in [0.2, 0.25) is 5.88 Å². The van der Waals surface area contributed by atoms with E-state index in [1.54, 1.807) is 0 Å².